The summed E-state index contributed by atoms with van der Waals surface area (Å²) in [6.07, 6.45) is 0.438. The van der Waals surface area contributed by atoms with Gasteiger partial charge in [0.2, 0.25) is 0 Å². The van der Waals surface area contributed by atoms with E-state index in [0.717, 1.165) is 25.4 Å². The molecule has 1 saturated heterocycles. The first-order valence-corrected chi connectivity index (χ1v) is 6.74. The van der Waals surface area contributed by atoms with Gasteiger partial charge in [-0.05, 0) is 30.5 Å². The van der Waals surface area contributed by atoms with Crippen LogP contribution in [0.4, 0.5) is 0 Å². The molecule has 0 amide bonds. The first kappa shape index (κ1) is 13.4. The average molecular weight is 249 g/mol. The van der Waals surface area contributed by atoms with Crippen LogP contribution < -0.4 is 10.1 Å². The summed E-state index contributed by atoms with van der Waals surface area (Å²) in [5, 5.41) is 3.38. The zero-order valence-corrected chi connectivity index (χ0v) is 11.5. The maximum absolute atomic E-state index is 5.91. The molecule has 0 aliphatic carbocycles. The fourth-order valence-electron chi connectivity index (χ4n) is 2.03. The molecule has 1 N–H and O–H groups in total. The normalized spacial score (nSPS) is 24.2. The van der Waals surface area contributed by atoms with Gasteiger partial charge in [-0.2, -0.15) is 0 Å². The number of morpholine rings is 1. The monoisotopic (exact) mass is 249 g/mol. The fourth-order valence-corrected chi connectivity index (χ4v) is 2.03. The molecule has 0 radical (unpaired) electrons. The van der Waals surface area contributed by atoms with E-state index in [1.807, 2.05) is 12.1 Å². The first-order chi connectivity index (χ1) is 8.65. The molecule has 2 unspecified atom stereocenters. The Hall–Kier alpha value is -1.06. The summed E-state index contributed by atoms with van der Waals surface area (Å²) in [7, 11) is 0. The summed E-state index contributed by atoms with van der Waals surface area (Å²) in [6.45, 7) is 8.98. The van der Waals surface area contributed by atoms with E-state index >= 15 is 0 Å². The predicted octanol–water partition coefficient (Wildman–Crippen LogP) is 2.77. The Bertz CT molecular complexity index is 361. The van der Waals surface area contributed by atoms with Gasteiger partial charge in [-0.15, -0.1) is 0 Å². The highest BCUT2D eigenvalue weighted by Crippen LogP contribution is 2.23. The van der Waals surface area contributed by atoms with Crippen LogP contribution in [0.25, 0.3) is 0 Å². The first-order valence-electron chi connectivity index (χ1n) is 6.74. The number of ether oxygens (including phenoxy) is 2. The van der Waals surface area contributed by atoms with Crippen molar-refractivity contribution in [3.05, 3.63) is 29.8 Å². The lowest BCUT2D eigenvalue weighted by Crippen LogP contribution is -2.38. The quantitative estimate of drug-likeness (QED) is 0.890. The topological polar surface area (TPSA) is 30.5 Å². The van der Waals surface area contributed by atoms with Crippen LogP contribution in [0.5, 0.6) is 5.75 Å². The number of hydrogen-bond acceptors (Lipinski definition) is 3. The molecule has 0 aromatic heterocycles. The highest BCUT2D eigenvalue weighted by Gasteiger charge is 2.20. The van der Waals surface area contributed by atoms with Crippen molar-refractivity contribution in [3.63, 3.8) is 0 Å². The van der Waals surface area contributed by atoms with Gasteiger partial charge in [0.25, 0.3) is 0 Å². The minimum atomic E-state index is 0.160. The van der Waals surface area contributed by atoms with E-state index in [1.54, 1.807) is 0 Å². The van der Waals surface area contributed by atoms with E-state index in [2.05, 4.69) is 38.2 Å². The molecule has 3 nitrogen and oxygen atoms in total. The smallest absolute Gasteiger partial charge is 0.119 e. The molecule has 0 spiro atoms. The third-order valence-electron chi connectivity index (χ3n) is 2.99. The van der Waals surface area contributed by atoms with Gasteiger partial charge in [0.1, 0.15) is 5.75 Å². The molecule has 1 aromatic carbocycles. The Morgan fingerprint density at radius 3 is 2.61 bits per heavy atom. The lowest BCUT2D eigenvalue weighted by Gasteiger charge is -2.29. The van der Waals surface area contributed by atoms with Gasteiger partial charge in [-0.1, -0.05) is 26.0 Å². The summed E-state index contributed by atoms with van der Waals surface area (Å²) in [5.74, 6) is 1.49. The van der Waals surface area contributed by atoms with Crippen molar-refractivity contribution in [2.45, 2.75) is 33.0 Å². The fraction of sp³-hybridized carbons (Fsp3) is 0.600. The van der Waals surface area contributed by atoms with E-state index in [1.165, 1.54) is 5.56 Å². The van der Waals surface area contributed by atoms with Crippen LogP contribution in [0.15, 0.2) is 24.3 Å². The van der Waals surface area contributed by atoms with Crippen LogP contribution in [0.3, 0.4) is 0 Å². The van der Waals surface area contributed by atoms with E-state index in [9.17, 15) is 0 Å². The van der Waals surface area contributed by atoms with E-state index in [0.29, 0.717) is 5.92 Å². The van der Waals surface area contributed by atoms with E-state index in [-0.39, 0.29) is 12.2 Å². The molecule has 2 atom stereocenters. The van der Waals surface area contributed by atoms with Gasteiger partial charge in [0, 0.05) is 13.1 Å². The molecule has 1 aliphatic heterocycles. The Kier molecular flexibility index (Phi) is 4.61. The largest absolute Gasteiger partial charge is 0.493 e. The van der Waals surface area contributed by atoms with Crippen molar-refractivity contribution < 1.29 is 9.47 Å². The minimum Gasteiger partial charge on any atom is -0.493 e. The minimum absolute atomic E-state index is 0.160. The second kappa shape index (κ2) is 6.21. The lowest BCUT2D eigenvalue weighted by molar-refractivity contribution is -0.0287. The molecule has 2 rings (SSSR count). The van der Waals surface area contributed by atoms with Crippen LogP contribution in [-0.2, 0) is 4.74 Å². The van der Waals surface area contributed by atoms with Gasteiger partial charge in [0.05, 0.1) is 18.8 Å². The molecule has 1 heterocycles. The molecule has 1 aliphatic rings. The molecular weight excluding hydrogens is 226 g/mol. The molecule has 0 saturated carbocycles. The average Bonchev–Trinajstić information content (AvgIpc) is 2.37. The predicted molar refractivity (Wildman–Crippen MR) is 72.9 cm³/mol. The Balaban J connectivity index is 1.94. The van der Waals surface area contributed by atoms with E-state index < -0.39 is 0 Å². The van der Waals surface area contributed by atoms with Gasteiger partial charge in [-0.3, -0.25) is 0 Å². The standard InChI is InChI=1S/C15H23NO2/c1-11(2)10-17-14-6-4-13(5-7-14)15-9-16-8-12(3)18-15/h4-7,11-12,15-16H,8-10H2,1-3H3. The molecule has 100 valence electrons. The van der Waals surface area contributed by atoms with Gasteiger partial charge in [0.15, 0.2) is 0 Å². The summed E-state index contributed by atoms with van der Waals surface area (Å²) in [6, 6.07) is 8.25. The summed E-state index contributed by atoms with van der Waals surface area (Å²) in [5.41, 5.74) is 1.21. The number of nitrogens with one attached hydrogen (secondary N) is 1. The summed E-state index contributed by atoms with van der Waals surface area (Å²) < 4.78 is 11.6. The second-order valence-corrected chi connectivity index (χ2v) is 5.37. The Morgan fingerprint density at radius 1 is 1.28 bits per heavy atom. The van der Waals surface area contributed by atoms with Crippen molar-refractivity contribution in [2.24, 2.45) is 5.92 Å². The summed E-state index contributed by atoms with van der Waals surface area (Å²) in [4.78, 5) is 0. The third kappa shape index (κ3) is 3.72. The van der Waals surface area contributed by atoms with Crippen LogP contribution in [-0.4, -0.2) is 25.8 Å². The van der Waals surface area contributed by atoms with Crippen molar-refractivity contribution in [1.82, 2.24) is 5.32 Å². The molecular formula is C15H23NO2. The van der Waals surface area contributed by atoms with Gasteiger partial charge < -0.3 is 14.8 Å². The second-order valence-electron chi connectivity index (χ2n) is 5.37. The zero-order valence-electron chi connectivity index (χ0n) is 11.5. The molecule has 0 bridgehead atoms. The van der Waals surface area contributed by atoms with Gasteiger partial charge >= 0.3 is 0 Å². The highest BCUT2D eigenvalue weighted by atomic mass is 16.5. The maximum Gasteiger partial charge on any atom is 0.119 e. The van der Waals surface area contributed by atoms with Crippen molar-refractivity contribution in [3.8, 4) is 5.75 Å². The van der Waals surface area contributed by atoms with Crippen molar-refractivity contribution in [1.29, 1.82) is 0 Å². The molecule has 18 heavy (non-hydrogen) atoms. The number of benzene rings is 1. The molecule has 1 aromatic rings. The molecule has 1 fully saturated rings. The SMILES string of the molecule is CC(C)COc1ccc(C2CNCC(C)O2)cc1. The highest BCUT2D eigenvalue weighted by molar-refractivity contribution is 5.29. The third-order valence-corrected chi connectivity index (χ3v) is 2.99. The Morgan fingerprint density at radius 2 is 2.00 bits per heavy atom. The zero-order chi connectivity index (χ0) is 13.0. The van der Waals surface area contributed by atoms with Gasteiger partial charge in [-0.25, -0.2) is 0 Å². The van der Waals surface area contributed by atoms with E-state index in [4.69, 9.17) is 9.47 Å². The maximum atomic E-state index is 5.91. The van der Waals surface area contributed by atoms with Crippen molar-refractivity contribution >= 4 is 0 Å². The summed E-state index contributed by atoms with van der Waals surface area (Å²) >= 11 is 0. The lowest BCUT2D eigenvalue weighted by atomic mass is 10.1. The molecule has 3 heteroatoms. The van der Waals surface area contributed by atoms with Crippen LogP contribution in [0.1, 0.15) is 32.4 Å². The Labute approximate surface area is 109 Å². The van der Waals surface area contributed by atoms with Crippen molar-refractivity contribution in [2.75, 3.05) is 19.7 Å². The van der Waals surface area contributed by atoms with Crippen LogP contribution >= 0.6 is 0 Å². The number of hydrogen-bond donors (Lipinski definition) is 1. The van der Waals surface area contributed by atoms with Crippen LogP contribution in [0, 0.1) is 5.92 Å². The van der Waals surface area contributed by atoms with Crippen LogP contribution in [0.2, 0.25) is 0 Å². The number of rotatable bonds is 4.